The van der Waals surface area contributed by atoms with Crippen LogP contribution in [0, 0.1) is 31.6 Å². The van der Waals surface area contributed by atoms with Crippen molar-refractivity contribution in [1.29, 1.82) is 0 Å². The van der Waals surface area contributed by atoms with E-state index in [1.807, 2.05) is 0 Å². The number of benzene rings is 1. The maximum atomic E-state index is 11.3. The van der Waals surface area contributed by atoms with Crippen molar-refractivity contribution in [2.45, 2.75) is 59.3 Å². The van der Waals surface area contributed by atoms with Crippen LogP contribution in [0.2, 0.25) is 0 Å². The van der Waals surface area contributed by atoms with Gasteiger partial charge in [0, 0.05) is 17.7 Å². The van der Waals surface area contributed by atoms with E-state index in [2.05, 4.69) is 31.3 Å². The highest BCUT2D eigenvalue weighted by molar-refractivity contribution is 5.89. The molecule has 1 saturated carbocycles. The van der Waals surface area contributed by atoms with Crippen LogP contribution >= 0.6 is 0 Å². The molecule has 0 aliphatic heterocycles. The Bertz CT molecular complexity index is 715. The fourth-order valence-corrected chi connectivity index (χ4v) is 3.80. The molecular weight excluding hydrogens is 336 g/mol. The summed E-state index contributed by atoms with van der Waals surface area (Å²) in [6, 6.07) is 3.55. The van der Waals surface area contributed by atoms with E-state index in [9.17, 15) is 20.2 Å². The van der Waals surface area contributed by atoms with Crippen molar-refractivity contribution in [3.05, 3.63) is 38.4 Å². The van der Waals surface area contributed by atoms with Gasteiger partial charge >= 0.3 is 5.69 Å². The summed E-state index contributed by atoms with van der Waals surface area (Å²) in [6.45, 7) is 6.66. The minimum absolute atomic E-state index is 0.122. The van der Waals surface area contributed by atoms with Crippen LogP contribution in [0.1, 0.15) is 59.3 Å². The van der Waals surface area contributed by atoms with Gasteiger partial charge in [0.15, 0.2) is 0 Å². The lowest BCUT2D eigenvalue weighted by molar-refractivity contribution is -0.393. The molecule has 142 valence electrons. The Morgan fingerprint density at radius 3 is 2.58 bits per heavy atom. The van der Waals surface area contributed by atoms with Crippen LogP contribution in [-0.4, -0.2) is 15.6 Å². The Balaban J connectivity index is 2.29. The quantitative estimate of drug-likeness (QED) is 0.523. The minimum atomic E-state index is -0.646. The van der Waals surface area contributed by atoms with E-state index >= 15 is 0 Å². The molecule has 0 saturated heterocycles. The van der Waals surface area contributed by atoms with Crippen LogP contribution in [0.15, 0.2) is 23.3 Å². The fourth-order valence-electron chi connectivity index (χ4n) is 3.80. The number of nitrogens with zero attached hydrogens (tertiary/aromatic N) is 3. The molecule has 0 bridgehead atoms. The lowest BCUT2D eigenvalue weighted by atomic mass is 9.68. The number of hydrogen-bond acceptors (Lipinski definition) is 6. The summed E-state index contributed by atoms with van der Waals surface area (Å²) in [5.74, 6) is 0.334. The summed E-state index contributed by atoms with van der Waals surface area (Å²) in [7, 11) is 0. The summed E-state index contributed by atoms with van der Waals surface area (Å²) in [5.41, 5.74) is 3.47. The summed E-state index contributed by atoms with van der Waals surface area (Å²) in [5, 5.41) is 26.6. The summed E-state index contributed by atoms with van der Waals surface area (Å²) in [6.07, 6.45) is 6.34. The van der Waals surface area contributed by atoms with E-state index in [1.165, 1.54) is 12.1 Å². The van der Waals surface area contributed by atoms with Gasteiger partial charge in [0.05, 0.1) is 15.9 Å². The Morgan fingerprint density at radius 1 is 1.23 bits per heavy atom. The Labute approximate surface area is 153 Å². The first-order valence-electron chi connectivity index (χ1n) is 9.01. The van der Waals surface area contributed by atoms with Gasteiger partial charge in [-0.25, -0.2) is 0 Å². The molecular formula is C18H26N4O4. The molecule has 1 fully saturated rings. The molecule has 0 amide bonds. The van der Waals surface area contributed by atoms with E-state index in [0.717, 1.165) is 50.3 Å². The second-order valence-corrected chi connectivity index (χ2v) is 7.47. The van der Waals surface area contributed by atoms with E-state index in [-0.39, 0.29) is 22.5 Å². The first-order valence-corrected chi connectivity index (χ1v) is 9.01. The standard InChI is InChI=1S/C18H26N4O4/c1-4-11-18(2,3)14-7-5-6-8-15(14)19-20-16-10-9-13(21(23)24)12-17(16)22(25)26/h9-10,12,14,20H,4-8,11H2,1-3H3. The first-order chi connectivity index (χ1) is 12.3. The number of nitro benzene ring substituents is 2. The molecule has 0 spiro atoms. The van der Waals surface area contributed by atoms with Gasteiger partial charge < -0.3 is 0 Å². The number of hydrazone groups is 1. The van der Waals surface area contributed by atoms with E-state index in [0.29, 0.717) is 5.92 Å². The number of anilines is 1. The second kappa shape index (κ2) is 8.25. The third-order valence-electron chi connectivity index (χ3n) is 5.12. The number of hydrogen-bond donors (Lipinski definition) is 1. The number of rotatable bonds is 7. The van der Waals surface area contributed by atoms with Crippen LogP contribution in [0.3, 0.4) is 0 Å². The zero-order chi connectivity index (χ0) is 19.3. The van der Waals surface area contributed by atoms with Crippen molar-refractivity contribution in [3.63, 3.8) is 0 Å². The lowest BCUT2D eigenvalue weighted by Gasteiger charge is -2.37. The van der Waals surface area contributed by atoms with E-state index < -0.39 is 9.85 Å². The Hall–Kier alpha value is -2.51. The van der Waals surface area contributed by atoms with E-state index in [1.54, 1.807) is 0 Å². The molecule has 2 rings (SSSR count). The fraction of sp³-hybridized carbons (Fsp3) is 0.611. The van der Waals surface area contributed by atoms with Crippen molar-refractivity contribution in [1.82, 2.24) is 0 Å². The Kier molecular flexibility index (Phi) is 6.28. The molecule has 0 radical (unpaired) electrons. The van der Waals surface area contributed by atoms with Crippen LogP contribution in [-0.2, 0) is 0 Å². The number of nitro groups is 2. The molecule has 1 atom stereocenters. The second-order valence-electron chi connectivity index (χ2n) is 7.47. The average Bonchev–Trinajstić information content (AvgIpc) is 2.59. The molecule has 8 nitrogen and oxygen atoms in total. The molecule has 1 aromatic carbocycles. The van der Waals surface area contributed by atoms with Crippen LogP contribution in [0.4, 0.5) is 17.1 Å². The van der Waals surface area contributed by atoms with Gasteiger partial charge in [-0.05, 0) is 37.2 Å². The van der Waals surface area contributed by atoms with Gasteiger partial charge in [-0.15, -0.1) is 0 Å². The lowest BCUT2D eigenvalue weighted by Crippen LogP contribution is -2.34. The smallest absolute Gasteiger partial charge is 0.272 e. The highest BCUT2D eigenvalue weighted by Gasteiger charge is 2.34. The zero-order valence-corrected chi connectivity index (χ0v) is 15.5. The normalized spacial score (nSPS) is 19.3. The predicted molar refractivity (Wildman–Crippen MR) is 101 cm³/mol. The SMILES string of the molecule is CCCC(C)(C)C1CCCCC1=NNc1ccc([N+](=O)[O-])cc1[N+](=O)[O-]. The Morgan fingerprint density at radius 2 is 1.96 bits per heavy atom. The van der Waals surface area contributed by atoms with Gasteiger partial charge in [-0.1, -0.05) is 33.6 Å². The summed E-state index contributed by atoms with van der Waals surface area (Å²) >= 11 is 0. The number of non-ortho nitro benzene ring substituents is 1. The molecule has 1 unspecified atom stereocenters. The maximum absolute atomic E-state index is 11.3. The molecule has 8 heteroatoms. The molecule has 1 aliphatic rings. The largest absolute Gasteiger partial charge is 0.301 e. The average molecular weight is 362 g/mol. The topological polar surface area (TPSA) is 111 Å². The first kappa shape index (κ1) is 19.8. The van der Waals surface area contributed by atoms with E-state index in [4.69, 9.17) is 0 Å². The number of nitrogens with one attached hydrogen (secondary N) is 1. The highest BCUT2D eigenvalue weighted by Crippen LogP contribution is 2.40. The van der Waals surface area contributed by atoms with Gasteiger partial charge in [0.2, 0.25) is 0 Å². The molecule has 0 heterocycles. The zero-order valence-electron chi connectivity index (χ0n) is 15.5. The predicted octanol–water partition coefficient (Wildman–Crippen LogP) is 5.29. The van der Waals surface area contributed by atoms with Crippen LogP contribution in [0.25, 0.3) is 0 Å². The van der Waals surface area contributed by atoms with Crippen molar-refractivity contribution in [2.75, 3.05) is 5.43 Å². The van der Waals surface area contributed by atoms with Gasteiger partial charge in [0.1, 0.15) is 5.69 Å². The van der Waals surface area contributed by atoms with Gasteiger partial charge in [-0.3, -0.25) is 25.7 Å². The molecule has 1 aliphatic carbocycles. The summed E-state index contributed by atoms with van der Waals surface area (Å²) < 4.78 is 0. The highest BCUT2D eigenvalue weighted by atomic mass is 16.6. The monoisotopic (exact) mass is 362 g/mol. The summed E-state index contributed by atoms with van der Waals surface area (Å²) in [4.78, 5) is 20.8. The van der Waals surface area contributed by atoms with Crippen molar-refractivity contribution < 1.29 is 9.85 Å². The molecule has 1 N–H and O–H groups in total. The third-order valence-corrected chi connectivity index (χ3v) is 5.12. The van der Waals surface area contributed by atoms with Crippen molar-refractivity contribution in [2.24, 2.45) is 16.4 Å². The van der Waals surface area contributed by atoms with Crippen molar-refractivity contribution in [3.8, 4) is 0 Å². The third kappa shape index (κ3) is 4.56. The maximum Gasteiger partial charge on any atom is 0.301 e. The van der Waals surface area contributed by atoms with Crippen LogP contribution in [0.5, 0.6) is 0 Å². The molecule has 1 aromatic rings. The molecule has 26 heavy (non-hydrogen) atoms. The van der Waals surface area contributed by atoms with Gasteiger partial charge in [0.25, 0.3) is 5.69 Å². The van der Waals surface area contributed by atoms with Gasteiger partial charge in [-0.2, -0.15) is 5.10 Å². The molecule has 0 aromatic heterocycles. The minimum Gasteiger partial charge on any atom is -0.272 e. The van der Waals surface area contributed by atoms with Crippen molar-refractivity contribution >= 4 is 22.8 Å². The van der Waals surface area contributed by atoms with Crippen LogP contribution < -0.4 is 5.43 Å².